The Morgan fingerprint density at radius 1 is 1.44 bits per heavy atom. The normalized spacial score (nSPS) is 19.8. The molecule has 7 heteroatoms. The molecule has 2 rings (SSSR count). The zero-order valence-corrected chi connectivity index (χ0v) is 11.1. The van der Waals surface area contributed by atoms with E-state index in [0.29, 0.717) is 29.1 Å². The lowest BCUT2D eigenvalue weighted by molar-refractivity contribution is 0.296. The Morgan fingerprint density at radius 2 is 2.28 bits per heavy atom. The number of aliphatic imine (C=N–C) groups is 2. The van der Waals surface area contributed by atoms with Gasteiger partial charge < -0.3 is 20.7 Å². The van der Waals surface area contributed by atoms with Crippen LogP contribution < -0.4 is 16.0 Å². The standard InChI is InChI=1S/C11H16ClN5O/c1-7-13-4-3-8(18-2)9(10(12)16-7)17-11-14-5-6-15-11/h3H,4-6H2,1-2H3,(H,13,16)(H2,14,15,17). The van der Waals surface area contributed by atoms with Crippen molar-refractivity contribution in [2.75, 3.05) is 26.7 Å². The third kappa shape index (κ3) is 2.95. The van der Waals surface area contributed by atoms with Crippen LogP contribution in [0.25, 0.3) is 0 Å². The fourth-order valence-corrected chi connectivity index (χ4v) is 1.92. The maximum absolute atomic E-state index is 6.23. The highest BCUT2D eigenvalue weighted by molar-refractivity contribution is 6.31. The quantitative estimate of drug-likeness (QED) is 0.639. The fraction of sp³-hybridized carbons (Fsp3) is 0.455. The molecule has 0 spiro atoms. The molecule has 3 N–H and O–H groups in total. The molecule has 0 fully saturated rings. The van der Waals surface area contributed by atoms with Crippen molar-refractivity contribution in [1.82, 2.24) is 16.0 Å². The van der Waals surface area contributed by atoms with Crippen molar-refractivity contribution in [3.63, 3.8) is 0 Å². The van der Waals surface area contributed by atoms with E-state index in [0.717, 1.165) is 18.9 Å². The topological polar surface area (TPSA) is 70.0 Å². The summed E-state index contributed by atoms with van der Waals surface area (Å²) in [7, 11) is 1.60. The third-order valence-corrected chi connectivity index (χ3v) is 2.78. The van der Waals surface area contributed by atoms with Gasteiger partial charge in [0.15, 0.2) is 5.96 Å². The van der Waals surface area contributed by atoms with Gasteiger partial charge in [-0.25, -0.2) is 0 Å². The van der Waals surface area contributed by atoms with E-state index in [1.54, 1.807) is 7.11 Å². The highest BCUT2D eigenvalue weighted by atomic mass is 35.5. The van der Waals surface area contributed by atoms with Gasteiger partial charge in [-0.2, -0.15) is 0 Å². The molecule has 0 aliphatic carbocycles. The second kappa shape index (κ2) is 5.77. The van der Waals surface area contributed by atoms with Crippen LogP contribution in [0.15, 0.2) is 32.7 Å². The lowest BCUT2D eigenvalue weighted by Gasteiger charge is -2.18. The Labute approximate surface area is 111 Å². The van der Waals surface area contributed by atoms with Crippen LogP contribution in [0.4, 0.5) is 0 Å². The van der Waals surface area contributed by atoms with Gasteiger partial charge >= 0.3 is 0 Å². The molecular weight excluding hydrogens is 254 g/mol. The number of nitrogens with one attached hydrogen (secondary N) is 3. The van der Waals surface area contributed by atoms with Crippen LogP contribution in [0.1, 0.15) is 6.92 Å². The molecule has 0 unspecified atom stereocenters. The van der Waals surface area contributed by atoms with Gasteiger partial charge in [0.05, 0.1) is 26.0 Å². The Kier molecular flexibility index (Phi) is 4.09. The molecule has 0 aromatic carbocycles. The molecule has 2 aliphatic heterocycles. The minimum absolute atomic E-state index is 0.431. The van der Waals surface area contributed by atoms with Gasteiger partial charge in [-0.05, 0) is 13.0 Å². The van der Waals surface area contributed by atoms with Gasteiger partial charge in [-0.1, -0.05) is 11.6 Å². The van der Waals surface area contributed by atoms with E-state index < -0.39 is 0 Å². The van der Waals surface area contributed by atoms with Crippen molar-refractivity contribution < 1.29 is 4.74 Å². The summed E-state index contributed by atoms with van der Waals surface area (Å²) in [6, 6.07) is 0. The van der Waals surface area contributed by atoms with E-state index in [1.807, 2.05) is 13.0 Å². The summed E-state index contributed by atoms with van der Waals surface area (Å²) in [6.07, 6.45) is 1.87. The first-order valence-corrected chi connectivity index (χ1v) is 6.06. The van der Waals surface area contributed by atoms with Gasteiger partial charge in [-0.3, -0.25) is 9.98 Å². The van der Waals surface area contributed by atoms with E-state index >= 15 is 0 Å². The molecule has 2 heterocycles. The number of hydrogen-bond acceptors (Lipinski definition) is 6. The zero-order chi connectivity index (χ0) is 13.0. The Morgan fingerprint density at radius 3 is 2.94 bits per heavy atom. The number of hydrogen-bond donors (Lipinski definition) is 3. The molecule has 98 valence electrons. The smallest absolute Gasteiger partial charge is 0.196 e. The molecule has 18 heavy (non-hydrogen) atoms. The number of halogens is 1. The lowest BCUT2D eigenvalue weighted by atomic mass is 10.3. The highest BCUT2D eigenvalue weighted by Crippen LogP contribution is 2.16. The summed E-state index contributed by atoms with van der Waals surface area (Å²) >= 11 is 6.23. The van der Waals surface area contributed by atoms with Gasteiger partial charge in [0.2, 0.25) is 0 Å². The van der Waals surface area contributed by atoms with Crippen molar-refractivity contribution in [3.8, 4) is 0 Å². The first-order valence-electron chi connectivity index (χ1n) is 5.68. The minimum atomic E-state index is 0.431. The van der Waals surface area contributed by atoms with Crippen LogP contribution in [0.3, 0.4) is 0 Å². The number of ether oxygens (including phenoxy) is 1. The maximum Gasteiger partial charge on any atom is 0.196 e. The van der Waals surface area contributed by atoms with E-state index in [-0.39, 0.29) is 0 Å². The van der Waals surface area contributed by atoms with Crippen LogP contribution in [0.2, 0.25) is 0 Å². The second-order valence-corrected chi connectivity index (χ2v) is 4.17. The summed E-state index contributed by atoms with van der Waals surface area (Å²) in [5.74, 6) is 2.09. The van der Waals surface area contributed by atoms with Crippen LogP contribution in [-0.2, 0) is 4.74 Å². The predicted molar refractivity (Wildman–Crippen MR) is 72.5 cm³/mol. The van der Waals surface area contributed by atoms with Crippen molar-refractivity contribution in [1.29, 1.82) is 0 Å². The fourth-order valence-electron chi connectivity index (χ4n) is 1.64. The minimum Gasteiger partial charge on any atom is -0.495 e. The summed E-state index contributed by atoms with van der Waals surface area (Å²) in [4.78, 5) is 8.52. The average Bonchev–Trinajstić information content (AvgIpc) is 2.83. The van der Waals surface area contributed by atoms with Gasteiger partial charge in [-0.15, -0.1) is 0 Å². The lowest BCUT2D eigenvalue weighted by Crippen LogP contribution is -2.36. The molecule has 0 aromatic heterocycles. The number of nitrogens with zero attached hydrogens (tertiary/aromatic N) is 2. The number of rotatable bonds is 2. The molecule has 0 aromatic rings. The highest BCUT2D eigenvalue weighted by Gasteiger charge is 2.17. The summed E-state index contributed by atoms with van der Waals surface area (Å²) in [6.45, 7) is 3.98. The molecule has 2 aliphatic rings. The third-order valence-electron chi connectivity index (χ3n) is 2.50. The van der Waals surface area contributed by atoms with Crippen molar-refractivity contribution >= 4 is 23.4 Å². The molecule has 0 amide bonds. The Hall–Kier alpha value is -1.69. The van der Waals surface area contributed by atoms with Crippen molar-refractivity contribution in [2.45, 2.75) is 6.92 Å². The Balaban J connectivity index is 2.27. The maximum atomic E-state index is 6.23. The predicted octanol–water partition coefficient (Wildman–Crippen LogP) is 0.495. The SMILES string of the molecule is COC1=CCN=C(C)NC(Cl)=C1NC1=NCCN1. The average molecular weight is 270 g/mol. The zero-order valence-electron chi connectivity index (χ0n) is 10.4. The first-order chi connectivity index (χ1) is 8.70. The second-order valence-electron chi connectivity index (χ2n) is 3.79. The van der Waals surface area contributed by atoms with E-state index in [9.17, 15) is 0 Å². The van der Waals surface area contributed by atoms with Crippen LogP contribution in [-0.4, -0.2) is 38.5 Å². The number of guanidine groups is 1. The van der Waals surface area contributed by atoms with Gasteiger partial charge in [0.25, 0.3) is 0 Å². The summed E-state index contributed by atoms with van der Waals surface area (Å²) in [5, 5.41) is 9.68. The van der Waals surface area contributed by atoms with Crippen LogP contribution in [0.5, 0.6) is 0 Å². The largest absolute Gasteiger partial charge is 0.495 e. The summed E-state index contributed by atoms with van der Waals surface area (Å²) < 4.78 is 5.32. The molecular formula is C11H16ClN5O. The molecule has 0 saturated carbocycles. The first kappa shape index (κ1) is 12.8. The van der Waals surface area contributed by atoms with Crippen molar-refractivity contribution in [3.05, 3.63) is 22.7 Å². The Bertz CT molecular complexity index is 452. The molecule has 0 atom stereocenters. The molecule has 0 saturated heterocycles. The van der Waals surface area contributed by atoms with E-state index in [2.05, 4.69) is 25.9 Å². The van der Waals surface area contributed by atoms with Gasteiger partial charge in [0.1, 0.15) is 16.6 Å². The van der Waals surface area contributed by atoms with Crippen LogP contribution in [0, 0.1) is 0 Å². The molecule has 6 nitrogen and oxygen atoms in total. The van der Waals surface area contributed by atoms with Crippen LogP contribution >= 0.6 is 11.6 Å². The van der Waals surface area contributed by atoms with E-state index in [1.165, 1.54) is 0 Å². The van der Waals surface area contributed by atoms with Crippen molar-refractivity contribution in [2.24, 2.45) is 9.98 Å². The molecule has 0 radical (unpaired) electrons. The monoisotopic (exact) mass is 269 g/mol. The molecule has 0 bridgehead atoms. The number of methoxy groups -OCH3 is 1. The summed E-state index contributed by atoms with van der Waals surface area (Å²) in [5.41, 5.74) is 0.654. The van der Waals surface area contributed by atoms with Gasteiger partial charge in [0, 0.05) is 6.54 Å². The van der Waals surface area contributed by atoms with E-state index in [4.69, 9.17) is 16.3 Å². The number of amidine groups is 1.